The highest BCUT2D eigenvalue weighted by molar-refractivity contribution is 5.92. The Kier molecular flexibility index (Phi) is 6.34. The smallest absolute Gasteiger partial charge is 0.271 e. The van der Waals surface area contributed by atoms with Gasteiger partial charge in [0.15, 0.2) is 0 Å². The number of alkyl halides is 1. The third-order valence-corrected chi connectivity index (χ3v) is 6.21. The number of aromatic nitrogens is 4. The number of carbonyl (C=O) groups excluding carboxylic acids is 1. The number of rotatable bonds is 6. The first kappa shape index (κ1) is 21.6. The van der Waals surface area contributed by atoms with Crippen LogP contribution >= 0.6 is 0 Å². The van der Waals surface area contributed by atoms with Gasteiger partial charge in [0, 0.05) is 43.3 Å². The highest BCUT2D eigenvalue weighted by Crippen LogP contribution is 2.33. The summed E-state index contributed by atoms with van der Waals surface area (Å²) in [4.78, 5) is 23.6. The van der Waals surface area contributed by atoms with E-state index in [1.54, 1.807) is 12.4 Å². The largest absolute Gasteiger partial charge is 0.488 e. The number of fused-ring (bicyclic) bond motifs is 1. The van der Waals surface area contributed by atoms with E-state index in [2.05, 4.69) is 42.5 Å². The third-order valence-electron chi connectivity index (χ3n) is 6.21. The monoisotopic (exact) mass is 454 g/mol. The number of H-pyrrole nitrogens is 1. The van der Waals surface area contributed by atoms with Crippen LogP contribution in [0.4, 0.5) is 10.1 Å². The number of aromatic amines is 1. The molecule has 2 aromatic heterocycles. The number of halogens is 1. The quantitative estimate of drug-likeness (QED) is 0.590. The maximum absolute atomic E-state index is 12.7. The van der Waals surface area contributed by atoms with Crippen molar-refractivity contribution >= 4 is 22.6 Å². The first-order chi connectivity index (χ1) is 16.2. The second kappa shape index (κ2) is 9.70. The van der Waals surface area contributed by atoms with Crippen LogP contribution in [0.2, 0.25) is 0 Å². The molecule has 0 unspecified atom stereocenters. The van der Waals surface area contributed by atoms with E-state index in [1.807, 2.05) is 0 Å². The lowest BCUT2D eigenvalue weighted by atomic mass is 9.92. The fourth-order valence-electron chi connectivity index (χ4n) is 4.43. The Balaban J connectivity index is 1.23. The predicted octanol–water partition coefficient (Wildman–Crippen LogP) is 2.78. The van der Waals surface area contributed by atoms with Gasteiger partial charge < -0.3 is 19.7 Å². The number of nitrogens with zero attached hydrogens (tertiary/aromatic N) is 4. The van der Waals surface area contributed by atoms with Crippen LogP contribution in [0.5, 0.6) is 5.75 Å². The molecule has 0 atom stereocenters. The molecule has 10 heteroatoms. The van der Waals surface area contributed by atoms with Gasteiger partial charge in [-0.05, 0) is 37.8 Å². The second-order valence-corrected chi connectivity index (χ2v) is 8.44. The summed E-state index contributed by atoms with van der Waals surface area (Å²) < 4.78 is 24.6. The minimum Gasteiger partial charge on any atom is -0.488 e. The summed E-state index contributed by atoms with van der Waals surface area (Å²) in [5.74, 6) is 0.458. The predicted molar refractivity (Wildman–Crippen MR) is 120 cm³/mol. The highest BCUT2D eigenvalue weighted by Gasteiger charge is 2.26. The standard InChI is InChI=1S/C23H27FN6O3/c24-14-16-11-20(29-28-16)23(31)27-15-1-3-18(4-2-15)33-21-13-17(30-7-9-32-10-8-30)12-19-22(21)26-6-5-25-19/h5-6,11-13,15,18H,1-4,7-10,14H2,(H,27,31)(H,28,29)/t15-,18+. The van der Waals surface area contributed by atoms with Crippen LogP contribution in [-0.4, -0.2) is 64.5 Å². The normalized spacial score (nSPS) is 21.2. The van der Waals surface area contributed by atoms with Crippen LogP contribution in [0.25, 0.3) is 11.0 Å². The van der Waals surface area contributed by atoms with E-state index in [-0.39, 0.29) is 23.7 Å². The number of ether oxygens (including phenoxy) is 2. The lowest BCUT2D eigenvalue weighted by Gasteiger charge is -2.31. The van der Waals surface area contributed by atoms with Crippen molar-refractivity contribution in [3.63, 3.8) is 0 Å². The average Bonchev–Trinajstić information content (AvgIpc) is 3.35. The Bertz CT molecular complexity index is 1110. The molecule has 3 heterocycles. The van der Waals surface area contributed by atoms with Crippen molar-refractivity contribution in [2.75, 3.05) is 31.2 Å². The molecule has 1 aromatic carbocycles. The molecule has 0 radical (unpaired) electrons. The maximum atomic E-state index is 12.7. The zero-order valence-corrected chi connectivity index (χ0v) is 18.3. The summed E-state index contributed by atoms with van der Waals surface area (Å²) >= 11 is 0. The van der Waals surface area contributed by atoms with E-state index < -0.39 is 6.67 Å². The van der Waals surface area contributed by atoms with Crippen LogP contribution < -0.4 is 15.0 Å². The molecule has 3 aromatic rings. The van der Waals surface area contributed by atoms with E-state index in [1.165, 1.54) is 6.07 Å². The molecule has 1 saturated heterocycles. The topological polar surface area (TPSA) is 105 Å². The van der Waals surface area contributed by atoms with Crippen molar-refractivity contribution in [1.29, 1.82) is 0 Å². The Morgan fingerprint density at radius 2 is 1.94 bits per heavy atom. The summed E-state index contributed by atoms with van der Waals surface area (Å²) in [6.45, 7) is 2.40. The van der Waals surface area contributed by atoms with Gasteiger partial charge in [-0.1, -0.05) is 0 Å². The summed E-state index contributed by atoms with van der Waals surface area (Å²) in [5.41, 5.74) is 3.14. The van der Waals surface area contributed by atoms with Crippen LogP contribution in [0.3, 0.4) is 0 Å². The van der Waals surface area contributed by atoms with Gasteiger partial charge in [0.25, 0.3) is 5.91 Å². The number of hydrogen-bond acceptors (Lipinski definition) is 7. The fourth-order valence-corrected chi connectivity index (χ4v) is 4.43. The van der Waals surface area contributed by atoms with Gasteiger partial charge in [-0.15, -0.1) is 0 Å². The minimum absolute atomic E-state index is 0.0341. The molecule has 174 valence electrons. The number of hydrogen-bond donors (Lipinski definition) is 2. The summed E-state index contributed by atoms with van der Waals surface area (Å²) in [5, 5.41) is 9.39. The Morgan fingerprint density at radius 1 is 1.15 bits per heavy atom. The molecule has 0 bridgehead atoms. The molecule has 33 heavy (non-hydrogen) atoms. The van der Waals surface area contributed by atoms with Gasteiger partial charge in [0.2, 0.25) is 0 Å². The van der Waals surface area contributed by atoms with E-state index in [4.69, 9.17) is 9.47 Å². The molecule has 9 nitrogen and oxygen atoms in total. The molecule has 1 aliphatic carbocycles. The minimum atomic E-state index is -0.672. The van der Waals surface area contributed by atoms with Gasteiger partial charge in [0.1, 0.15) is 23.6 Å². The van der Waals surface area contributed by atoms with Gasteiger partial charge >= 0.3 is 0 Å². The van der Waals surface area contributed by atoms with Crippen LogP contribution in [0, 0.1) is 0 Å². The Hall–Kier alpha value is -3.27. The molecular formula is C23H27FN6O3. The first-order valence-electron chi connectivity index (χ1n) is 11.3. The van der Waals surface area contributed by atoms with E-state index in [9.17, 15) is 9.18 Å². The maximum Gasteiger partial charge on any atom is 0.271 e. The zero-order chi connectivity index (χ0) is 22.6. The number of anilines is 1. The molecule has 2 aliphatic rings. The molecule has 2 fully saturated rings. The fraction of sp³-hybridized carbons (Fsp3) is 0.478. The summed E-state index contributed by atoms with van der Waals surface area (Å²) in [6, 6.07) is 5.59. The van der Waals surface area contributed by atoms with Crippen molar-refractivity contribution < 1.29 is 18.7 Å². The highest BCUT2D eigenvalue weighted by atomic mass is 19.1. The second-order valence-electron chi connectivity index (χ2n) is 8.44. The van der Waals surface area contributed by atoms with Crippen molar-refractivity contribution in [1.82, 2.24) is 25.5 Å². The van der Waals surface area contributed by atoms with Gasteiger partial charge in [-0.2, -0.15) is 5.10 Å². The molecule has 0 spiro atoms. The summed E-state index contributed by atoms with van der Waals surface area (Å²) in [6.07, 6.45) is 6.62. The van der Waals surface area contributed by atoms with Gasteiger partial charge in [-0.25, -0.2) is 9.37 Å². The lowest BCUT2D eigenvalue weighted by molar-refractivity contribution is 0.0890. The number of benzene rings is 1. The average molecular weight is 455 g/mol. The van der Waals surface area contributed by atoms with Crippen molar-refractivity contribution in [3.8, 4) is 5.75 Å². The van der Waals surface area contributed by atoms with Crippen molar-refractivity contribution in [2.24, 2.45) is 0 Å². The van der Waals surface area contributed by atoms with Crippen molar-refractivity contribution in [2.45, 2.75) is 44.5 Å². The summed E-state index contributed by atoms with van der Waals surface area (Å²) in [7, 11) is 0. The molecule has 1 amide bonds. The molecule has 5 rings (SSSR count). The Labute approximate surface area is 190 Å². The number of morpholine rings is 1. The van der Waals surface area contributed by atoms with Crippen LogP contribution in [0.15, 0.2) is 30.6 Å². The van der Waals surface area contributed by atoms with Crippen LogP contribution in [0.1, 0.15) is 41.9 Å². The van der Waals surface area contributed by atoms with Crippen molar-refractivity contribution in [3.05, 3.63) is 42.0 Å². The molecule has 2 N–H and O–H groups in total. The number of nitrogens with one attached hydrogen (secondary N) is 2. The van der Waals surface area contributed by atoms with Gasteiger partial charge in [-0.3, -0.25) is 14.9 Å². The van der Waals surface area contributed by atoms with E-state index in [0.717, 1.165) is 61.2 Å². The Morgan fingerprint density at radius 3 is 2.70 bits per heavy atom. The third kappa shape index (κ3) is 4.90. The lowest BCUT2D eigenvalue weighted by Crippen LogP contribution is -2.40. The number of carbonyl (C=O) groups is 1. The molecule has 1 saturated carbocycles. The first-order valence-corrected chi connectivity index (χ1v) is 11.3. The van der Waals surface area contributed by atoms with E-state index in [0.29, 0.717) is 18.9 Å². The van der Waals surface area contributed by atoms with Gasteiger partial charge in [0.05, 0.1) is 30.5 Å². The van der Waals surface area contributed by atoms with E-state index >= 15 is 0 Å². The zero-order valence-electron chi connectivity index (χ0n) is 18.3. The van der Waals surface area contributed by atoms with Crippen LogP contribution in [-0.2, 0) is 11.4 Å². The molecular weight excluding hydrogens is 427 g/mol. The SMILES string of the molecule is O=C(N[C@H]1CC[C@@H](Oc2cc(N3CCOCC3)cc3nccnc23)CC1)c1cc(CF)[nH]n1. The molecule has 1 aliphatic heterocycles. The number of amides is 1.